The molecule has 0 aliphatic rings. The highest BCUT2D eigenvalue weighted by atomic mass is 32.1. The fourth-order valence-corrected chi connectivity index (χ4v) is 4.95. The molecular formula is C29H23N3O3S. The van der Waals surface area contributed by atoms with E-state index in [1.54, 1.807) is 25.3 Å². The average Bonchev–Trinajstić information content (AvgIpc) is 3.19. The van der Waals surface area contributed by atoms with E-state index >= 15 is 0 Å². The van der Waals surface area contributed by atoms with Gasteiger partial charge in [-0.3, -0.25) is 9.36 Å². The molecule has 4 aromatic rings. The Hall–Kier alpha value is -4.59. The number of methoxy groups -OCH3 is 1. The smallest absolute Gasteiger partial charge is 0.273 e. The Labute approximate surface area is 212 Å². The topological polar surface area (TPSA) is 88.0 Å². The van der Waals surface area contributed by atoms with Crippen molar-refractivity contribution in [3.8, 4) is 29.3 Å². The van der Waals surface area contributed by atoms with Crippen molar-refractivity contribution in [2.45, 2.75) is 20.5 Å². The number of hydrogen-bond acceptors (Lipinski definition) is 6. The van der Waals surface area contributed by atoms with Crippen molar-refractivity contribution in [3.63, 3.8) is 0 Å². The maximum atomic E-state index is 13.6. The summed E-state index contributed by atoms with van der Waals surface area (Å²) in [5.74, 6) is 1.12. The van der Waals surface area contributed by atoms with Crippen LogP contribution in [-0.4, -0.2) is 11.7 Å². The lowest BCUT2D eigenvalue weighted by Crippen LogP contribution is -2.31. The zero-order chi connectivity index (χ0) is 25.7. The first-order valence-electron chi connectivity index (χ1n) is 11.2. The van der Waals surface area contributed by atoms with Gasteiger partial charge in [0.2, 0.25) is 0 Å². The molecule has 1 aromatic heterocycles. The van der Waals surface area contributed by atoms with Gasteiger partial charge in [-0.05, 0) is 54.3 Å². The van der Waals surface area contributed by atoms with Crippen molar-refractivity contribution < 1.29 is 9.47 Å². The Morgan fingerprint density at radius 1 is 0.972 bits per heavy atom. The van der Waals surface area contributed by atoms with Gasteiger partial charge in [0, 0.05) is 0 Å². The van der Waals surface area contributed by atoms with E-state index in [-0.39, 0.29) is 11.1 Å². The molecule has 0 aliphatic heterocycles. The van der Waals surface area contributed by atoms with Gasteiger partial charge in [-0.15, -0.1) is 11.3 Å². The highest BCUT2D eigenvalue weighted by molar-refractivity contribution is 7.07. The number of rotatable bonds is 6. The van der Waals surface area contributed by atoms with Crippen molar-refractivity contribution in [2.24, 2.45) is 0 Å². The predicted molar refractivity (Wildman–Crippen MR) is 141 cm³/mol. The largest absolute Gasteiger partial charge is 0.493 e. The number of aromatic nitrogens is 1. The first-order valence-corrected chi connectivity index (χ1v) is 12.0. The summed E-state index contributed by atoms with van der Waals surface area (Å²) in [7, 11) is 1.56. The lowest BCUT2D eigenvalue weighted by molar-refractivity contribution is 0.284. The Morgan fingerprint density at radius 2 is 1.67 bits per heavy atom. The summed E-state index contributed by atoms with van der Waals surface area (Å²) >= 11 is 1.12. The van der Waals surface area contributed by atoms with Crippen LogP contribution in [0, 0.1) is 36.5 Å². The van der Waals surface area contributed by atoms with Gasteiger partial charge >= 0.3 is 0 Å². The molecule has 0 spiro atoms. The van der Waals surface area contributed by atoms with Crippen LogP contribution in [0.15, 0.2) is 71.5 Å². The molecule has 6 nitrogen and oxygen atoms in total. The van der Waals surface area contributed by atoms with E-state index in [4.69, 9.17) is 9.47 Å². The number of ether oxygens (including phenoxy) is 2. The number of thiazole rings is 1. The second-order valence-electron chi connectivity index (χ2n) is 8.08. The van der Waals surface area contributed by atoms with Crippen LogP contribution in [0.5, 0.6) is 11.5 Å². The van der Waals surface area contributed by atoms with Gasteiger partial charge in [0.25, 0.3) is 5.56 Å². The summed E-state index contributed by atoms with van der Waals surface area (Å²) in [5.41, 5.74) is 3.79. The highest BCUT2D eigenvalue weighted by Crippen LogP contribution is 2.29. The summed E-state index contributed by atoms with van der Waals surface area (Å²) in [6, 6.07) is 24.8. The molecule has 0 saturated heterocycles. The molecule has 0 radical (unpaired) electrons. The number of hydrogen-bond donors (Lipinski definition) is 0. The number of aryl methyl sites for hydroxylation is 2. The minimum Gasteiger partial charge on any atom is -0.493 e. The van der Waals surface area contributed by atoms with E-state index < -0.39 is 0 Å². The summed E-state index contributed by atoms with van der Waals surface area (Å²) in [5, 5.41) is 19.1. The second kappa shape index (κ2) is 10.8. The van der Waals surface area contributed by atoms with Gasteiger partial charge in [-0.25, -0.2) is 0 Å². The second-order valence-corrected chi connectivity index (χ2v) is 9.11. The fraction of sp³-hybridized carbons (Fsp3) is 0.138. The number of nitriles is 2. The van der Waals surface area contributed by atoms with Crippen LogP contribution in [0.4, 0.5) is 0 Å². The third-order valence-corrected chi connectivity index (χ3v) is 6.74. The normalized spacial score (nSPS) is 11.0. The summed E-state index contributed by atoms with van der Waals surface area (Å²) in [6.45, 7) is 4.20. The van der Waals surface area contributed by atoms with E-state index in [0.717, 1.165) is 33.6 Å². The molecule has 0 atom stereocenters. The van der Waals surface area contributed by atoms with Gasteiger partial charge in [0.15, 0.2) is 17.1 Å². The molecule has 0 aliphatic carbocycles. The van der Waals surface area contributed by atoms with Gasteiger partial charge in [0.1, 0.15) is 23.4 Å². The molecule has 4 rings (SSSR count). The summed E-state index contributed by atoms with van der Waals surface area (Å²) in [6.07, 6.45) is 1.73. The molecule has 7 heteroatoms. The standard InChI is InChI=1S/C29H23N3O3S/c1-19-8-7-9-20(2)27(19)32-28(33)26(36-29(32)23(16-30)17-31)15-22-12-13-24(25(14-22)34-3)35-18-21-10-5-4-6-11-21/h4-15H,18H2,1-3H3. The predicted octanol–water partition coefficient (Wildman–Crippen LogP) is 4.13. The van der Waals surface area contributed by atoms with Gasteiger partial charge in [-0.2, -0.15) is 10.5 Å². The van der Waals surface area contributed by atoms with Crippen LogP contribution in [0.25, 0.3) is 17.3 Å². The SMILES string of the molecule is COc1cc(C=c2sc(=C(C#N)C#N)n(-c3c(C)cccc3C)c2=O)ccc1OCc1ccccc1. The number of para-hydroxylation sites is 1. The number of benzene rings is 3. The van der Waals surface area contributed by atoms with Crippen LogP contribution in [0.2, 0.25) is 0 Å². The lowest BCUT2D eigenvalue weighted by Gasteiger charge is -2.11. The molecule has 36 heavy (non-hydrogen) atoms. The minimum atomic E-state index is -0.293. The Morgan fingerprint density at radius 3 is 2.31 bits per heavy atom. The molecule has 0 saturated carbocycles. The monoisotopic (exact) mass is 493 g/mol. The Balaban J connectivity index is 1.83. The van der Waals surface area contributed by atoms with Gasteiger partial charge in [-0.1, -0.05) is 54.6 Å². The maximum Gasteiger partial charge on any atom is 0.273 e. The van der Waals surface area contributed by atoms with Crippen molar-refractivity contribution in [3.05, 3.63) is 109 Å². The number of nitrogens with zero attached hydrogens (tertiary/aromatic N) is 3. The van der Waals surface area contributed by atoms with E-state index in [2.05, 4.69) is 0 Å². The first kappa shape index (κ1) is 24.5. The fourth-order valence-electron chi connectivity index (χ4n) is 3.91. The van der Waals surface area contributed by atoms with Crippen LogP contribution in [-0.2, 0) is 6.61 Å². The lowest BCUT2D eigenvalue weighted by atomic mass is 10.1. The zero-order valence-corrected chi connectivity index (χ0v) is 20.9. The van der Waals surface area contributed by atoms with Crippen molar-refractivity contribution >= 4 is 23.0 Å². The third-order valence-electron chi connectivity index (χ3n) is 5.65. The summed E-state index contributed by atoms with van der Waals surface area (Å²) < 4.78 is 13.6. The van der Waals surface area contributed by atoms with Crippen LogP contribution < -0.4 is 24.2 Å². The minimum absolute atomic E-state index is 0.110. The molecule has 0 bridgehead atoms. The summed E-state index contributed by atoms with van der Waals surface area (Å²) in [4.78, 5) is 13.6. The van der Waals surface area contributed by atoms with Crippen LogP contribution >= 0.6 is 11.3 Å². The molecule has 0 amide bonds. The Bertz CT molecular complexity index is 1650. The molecule has 0 N–H and O–H groups in total. The molecule has 3 aromatic carbocycles. The van der Waals surface area contributed by atoms with Gasteiger partial charge in [0.05, 0.1) is 17.3 Å². The molecule has 0 unspecified atom stereocenters. The van der Waals surface area contributed by atoms with Crippen LogP contribution in [0.3, 0.4) is 0 Å². The molecule has 178 valence electrons. The van der Waals surface area contributed by atoms with Crippen molar-refractivity contribution in [2.75, 3.05) is 7.11 Å². The highest BCUT2D eigenvalue weighted by Gasteiger charge is 2.15. The molecular weight excluding hydrogens is 470 g/mol. The van der Waals surface area contributed by atoms with E-state index in [9.17, 15) is 15.3 Å². The van der Waals surface area contributed by atoms with E-state index in [0.29, 0.717) is 33.0 Å². The first-order chi connectivity index (χ1) is 17.5. The molecule has 1 heterocycles. The molecule has 0 fully saturated rings. The van der Waals surface area contributed by atoms with Crippen molar-refractivity contribution in [1.82, 2.24) is 4.57 Å². The van der Waals surface area contributed by atoms with Crippen LogP contribution in [0.1, 0.15) is 22.3 Å². The third kappa shape index (κ3) is 4.93. The Kier molecular flexibility index (Phi) is 7.34. The zero-order valence-electron chi connectivity index (χ0n) is 20.1. The quantitative estimate of drug-likeness (QED) is 0.403. The maximum absolute atomic E-state index is 13.6. The van der Waals surface area contributed by atoms with Crippen molar-refractivity contribution in [1.29, 1.82) is 10.5 Å². The average molecular weight is 494 g/mol. The van der Waals surface area contributed by atoms with E-state index in [1.807, 2.05) is 80.6 Å². The van der Waals surface area contributed by atoms with Gasteiger partial charge < -0.3 is 9.47 Å². The van der Waals surface area contributed by atoms with E-state index in [1.165, 1.54) is 4.57 Å².